The lowest BCUT2D eigenvalue weighted by Crippen LogP contribution is -2.31. The fraction of sp³-hybridized carbons (Fsp3) is 0.357. The molecule has 0 bridgehead atoms. The molecule has 1 saturated carbocycles. The number of pyridine rings is 1. The van der Waals surface area contributed by atoms with Crippen LogP contribution in [0.15, 0.2) is 36.7 Å². The first-order valence-electron chi connectivity index (χ1n) is 7.37. The molecule has 23 heavy (non-hydrogen) atoms. The van der Waals surface area contributed by atoms with E-state index in [4.69, 9.17) is 0 Å². The van der Waals surface area contributed by atoms with Crippen LogP contribution in [0.5, 0.6) is 0 Å². The van der Waals surface area contributed by atoms with Crippen LogP contribution in [-0.2, 0) is 10.0 Å². The number of nitrogens with one attached hydrogen (secondary N) is 3. The summed E-state index contributed by atoms with van der Waals surface area (Å²) in [6.45, 7) is 0.784. The summed E-state index contributed by atoms with van der Waals surface area (Å²) in [5, 5.41) is 14.0. The monoisotopic (exact) mass is 334 g/mol. The maximum Gasteiger partial charge on any atom is 0.214 e. The number of nitrogens with zero attached hydrogens (tertiary/aromatic N) is 3. The first kappa shape index (κ1) is 15.6. The molecule has 2 aromatic rings. The van der Waals surface area contributed by atoms with Gasteiger partial charge < -0.3 is 10.6 Å². The Hall–Kier alpha value is -2.26. The van der Waals surface area contributed by atoms with E-state index < -0.39 is 10.0 Å². The molecule has 1 aliphatic carbocycles. The molecule has 0 aliphatic heterocycles. The summed E-state index contributed by atoms with van der Waals surface area (Å²) in [7, 11) is -3.12. The molecule has 8 nitrogen and oxygen atoms in total. The molecular weight excluding hydrogens is 316 g/mol. The van der Waals surface area contributed by atoms with E-state index in [9.17, 15) is 8.42 Å². The largest absolute Gasteiger partial charge is 0.367 e. The highest BCUT2D eigenvalue weighted by Crippen LogP contribution is 2.27. The van der Waals surface area contributed by atoms with Gasteiger partial charge in [-0.1, -0.05) is 0 Å². The SMILES string of the molecule is O=S(=O)(NCCNc1ccc(Nc2cccnc2)nn1)C1CC1. The predicted molar refractivity (Wildman–Crippen MR) is 88.0 cm³/mol. The zero-order valence-corrected chi connectivity index (χ0v) is 13.3. The van der Waals surface area contributed by atoms with Crippen molar-refractivity contribution in [3.05, 3.63) is 36.7 Å². The number of anilines is 3. The van der Waals surface area contributed by atoms with E-state index in [0.29, 0.717) is 24.7 Å². The quantitative estimate of drug-likeness (QED) is 0.620. The average Bonchev–Trinajstić information content (AvgIpc) is 3.40. The van der Waals surface area contributed by atoms with Gasteiger partial charge in [-0.3, -0.25) is 4.98 Å². The second-order valence-corrected chi connectivity index (χ2v) is 7.28. The molecule has 122 valence electrons. The van der Waals surface area contributed by atoms with E-state index in [2.05, 4.69) is 30.5 Å². The van der Waals surface area contributed by atoms with Crippen LogP contribution in [0.4, 0.5) is 17.3 Å². The molecule has 0 saturated heterocycles. The van der Waals surface area contributed by atoms with Crippen molar-refractivity contribution < 1.29 is 8.42 Å². The molecule has 0 spiro atoms. The number of hydrogen-bond donors (Lipinski definition) is 3. The fourth-order valence-corrected chi connectivity index (χ4v) is 3.34. The van der Waals surface area contributed by atoms with Crippen molar-refractivity contribution in [1.29, 1.82) is 0 Å². The van der Waals surface area contributed by atoms with Crippen molar-refractivity contribution in [1.82, 2.24) is 19.9 Å². The first-order chi connectivity index (χ1) is 11.1. The summed E-state index contributed by atoms with van der Waals surface area (Å²) in [4.78, 5) is 4.01. The van der Waals surface area contributed by atoms with Gasteiger partial charge in [0.2, 0.25) is 10.0 Å². The van der Waals surface area contributed by atoms with Crippen LogP contribution in [0.1, 0.15) is 12.8 Å². The van der Waals surface area contributed by atoms with Crippen molar-refractivity contribution >= 4 is 27.3 Å². The van der Waals surface area contributed by atoms with Gasteiger partial charge in [-0.15, -0.1) is 10.2 Å². The Morgan fingerprint density at radius 2 is 1.87 bits per heavy atom. The van der Waals surface area contributed by atoms with Gasteiger partial charge in [0.15, 0.2) is 5.82 Å². The van der Waals surface area contributed by atoms with Gasteiger partial charge in [0.25, 0.3) is 0 Å². The minimum Gasteiger partial charge on any atom is -0.367 e. The van der Waals surface area contributed by atoms with E-state index in [1.54, 1.807) is 24.5 Å². The zero-order valence-electron chi connectivity index (χ0n) is 12.4. The topological polar surface area (TPSA) is 109 Å². The second-order valence-electron chi connectivity index (χ2n) is 5.24. The second kappa shape index (κ2) is 6.88. The van der Waals surface area contributed by atoms with E-state index in [1.165, 1.54) is 0 Å². The standard InChI is InChI=1S/C14H18N6O2S/c21-23(22,12-3-4-12)17-9-8-16-13-5-6-14(20-19-13)18-11-2-1-7-15-10-11/h1-2,5-7,10,12,17H,3-4,8-9H2,(H,16,19)(H,18,20). The molecule has 9 heteroatoms. The van der Waals surface area contributed by atoms with E-state index in [-0.39, 0.29) is 5.25 Å². The van der Waals surface area contributed by atoms with Gasteiger partial charge in [-0.25, -0.2) is 13.1 Å². The molecule has 0 amide bonds. The molecule has 3 N–H and O–H groups in total. The first-order valence-corrected chi connectivity index (χ1v) is 8.91. The maximum atomic E-state index is 11.6. The molecule has 2 aromatic heterocycles. The summed E-state index contributed by atoms with van der Waals surface area (Å²) in [5.41, 5.74) is 0.831. The molecule has 0 atom stereocenters. The van der Waals surface area contributed by atoms with Gasteiger partial charge in [0.05, 0.1) is 17.1 Å². The highest BCUT2D eigenvalue weighted by molar-refractivity contribution is 7.90. The van der Waals surface area contributed by atoms with Crippen molar-refractivity contribution in [2.75, 3.05) is 23.7 Å². The Morgan fingerprint density at radius 3 is 2.52 bits per heavy atom. The van der Waals surface area contributed by atoms with Gasteiger partial charge >= 0.3 is 0 Å². The Labute approximate surface area is 134 Å². The lowest BCUT2D eigenvalue weighted by Gasteiger charge is -2.08. The molecule has 1 aliphatic rings. The van der Waals surface area contributed by atoms with Crippen molar-refractivity contribution in [2.45, 2.75) is 18.1 Å². The van der Waals surface area contributed by atoms with Crippen LogP contribution >= 0.6 is 0 Å². The van der Waals surface area contributed by atoms with Crippen LogP contribution in [0.25, 0.3) is 0 Å². The minimum absolute atomic E-state index is 0.194. The predicted octanol–water partition coefficient (Wildman–Crippen LogP) is 1.11. The number of hydrogen-bond acceptors (Lipinski definition) is 7. The third-order valence-corrected chi connectivity index (χ3v) is 5.25. The highest BCUT2D eigenvalue weighted by atomic mass is 32.2. The molecular formula is C14H18N6O2S. The molecule has 3 rings (SSSR count). The average molecular weight is 334 g/mol. The Kier molecular flexibility index (Phi) is 4.68. The summed E-state index contributed by atoms with van der Waals surface area (Å²) < 4.78 is 25.9. The fourth-order valence-electron chi connectivity index (χ4n) is 1.96. The Balaban J connectivity index is 1.44. The van der Waals surface area contributed by atoms with E-state index in [0.717, 1.165) is 18.5 Å². The van der Waals surface area contributed by atoms with E-state index >= 15 is 0 Å². The molecule has 0 radical (unpaired) electrons. The van der Waals surface area contributed by atoms with Crippen LogP contribution in [0, 0.1) is 0 Å². The van der Waals surface area contributed by atoms with Crippen molar-refractivity contribution in [3.63, 3.8) is 0 Å². The lowest BCUT2D eigenvalue weighted by atomic mass is 10.4. The van der Waals surface area contributed by atoms with Gasteiger partial charge in [0.1, 0.15) is 5.82 Å². The van der Waals surface area contributed by atoms with Gasteiger partial charge in [0, 0.05) is 19.3 Å². The molecule has 1 fully saturated rings. The summed E-state index contributed by atoms with van der Waals surface area (Å²) in [6.07, 6.45) is 4.92. The Bertz CT molecular complexity index is 732. The lowest BCUT2D eigenvalue weighted by molar-refractivity contribution is 0.581. The summed E-state index contributed by atoms with van der Waals surface area (Å²) in [6, 6.07) is 7.28. The highest BCUT2D eigenvalue weighted by Gasteiger charge is 2.35. The van der Waals surface area contributed by atoms with Gasteiger partial charge in [-0.05, 0) is 37.1 Å². The van der Waals surface area contributed by atoms with Crippen LogP contribution in [-0.4, -0.2) is 41.9 Å². The zero-order chi connectivity index (χ0) is 16.1. The molecule has 0 aromatic carbocycles. The number of sulfonamides is 1. The third-order valence-electron chi connectivity index (χ3n) is 3.30. The van der Waals surface area contributed by atoms with Crippen LogP contribution in [0.2, 0.25) is 0 Å². The Morgan fingerprint density at radius 1 is 1.09 bits per heavy atom. The summed E-state index contributed by atoms with van der Waals surface area (Å²) in [5.74, 6) is 1.20. The van der Waals surface area contributed by atoms with Gasteiger partial charge in [-0.2, -0.15) is 0 Å². The molecule has 0 unspecified atom stereocenters. The maximum absolute atomic E-state index is 11.6. The minimum atomic E-state index is -3.12. The van der Waals surface area contributed by atoms with Crippen LogP contribution < -0.4 is 15.4 Å². The third kappa shape index (κ3) is 4.60. The van der Waals surface area contributed by atoms with Crippen LogP contribution in [0.3, 0.4) is 0 Å². The smallest absolute Gasteiger partial charge is 0.214 e. The summed E-state index contributed by atoms with van der Waals surface area (Å²) >= 11 is 0. The van der Waals surface area contributed by atoms with Crippen molar-refractivity contribution in [3.8, 4) is 0 Å². The normalized spacial score (nSPS) is 14.4. The molecule has 2 heterocycles. The number of rotatable bonds is 8. The van der Waals surface area contributed by atoms with E-state index in [1.807, 2.05) is 12.1 Å². The number of aromatic nitrogens is 3. The van der Waals surface area contributed by atoms with Crippen molar-refractivity contribution in [2.24, 2.45) is 0 Å².